The standard InChI is InChI=1S/C21H18N4O4/c22-20(27)15-3-1-6-18(11-15)29-13-19(26)24-16-4-2-5-17(12-16)25-21(28)14-7-9-23-10-8-14/h1-12H,13H2,(H2,22,27)(H,24,26)(H,25,28). The molecule has 1 aromatic heterocycles. The first-order valence-corrected chi connectivity index (χ1v) is 8.65. The van der Waals surface area contributed by atoms with Gasteiger partial charge in [0.15, 0.2) is 6.61 Å². The lowest BCUT2D eigenvalue weighted by molar-refractivity contribution is -0.118. The summed E-state index contributed by atoms with van der Waals surface area (Å²) in [6, 6.07) is 16.2. The third kappa shape index (κ3) is 5.64. The molecule has 0 atom stereocenters. The number of nitrogens with one attached hydrogen (secondary N) is 2. The number of hydrogen-bond acceptors (Lipinski definition) is 5. The Morgan fingerprint density at radius 3 is 2.28 bits per heavy atom. The molecule has 0 aliphatic carbocycles. The summed E-state index contributed by atoms with van der Waals surface area (Å²) in [5, 5.41) is 5.44. The molecule has 0 aliphatic heterocycles. The molecular formula is C21H18N4O4. The second-order valence-corrected chi connectivity index (χ2v) is 6.00. The molecule has 0 saturated heterocycles. The Labute approximate surface area is 166 Å². The average Bonchev–Trinajstić information content (AvgIpc) is 2.73. The first-order valence-electron chi connectivity index (χ1n) is 8.65. The molecule has 29 heavy (non-hydrogen) atoms. The highest BCUT2D eigenvalue weighted by molar-refractivity contribution is 6.04. The number of nitrogens with zero attached hydrogens (tertiary/aromatic N) is 1. The zero-order valence-corrected chi connectivity index (χ0v) is 15.3. The van der Waals surface area contributed by atoms with Crippen LogP contribution in [0, 0.1) is 0 Å². The van der Waals surface area contributed by atoms with E-state index in [1.54, 1.807) is 54.6 Å². The van der Waals surface area contributed by atoms with Gasteiger partial charge in [-0.3, -0.25) is 19.4 Å². The van der Waals surface area contributed by atoms with E-state index in [0.717, 1.165) is 0 Å². The fourth-order valence-electron chi connectivity index (χ4n) is 2.47. The van der Waals surface area contributed by atoms with E-state index in [9.17, 15) is 14.4 Å². The molecule has 0 bridgehead atoms. The highest BCUT2D eigenvalue weighted by atomic mass is 16.5. The lowest BCUT2D eigenvalue weighted by atomic mass is 10.2. The van der Waals surface area contributed by atoms with E-state index in [1.807, 2.05) is 0 Å². The van der Waals surface area contributed by atoms with E-state index in [4.69, 9.17) is 10.5 Å². The third-order valence-electron chi connectivity index (χ3n) is 3.84. The molecule has 4 N–H and O–H groups in total. The van der Waals surface area contributed by atoms with Gasteiger partial charge in [0.1, 0.15) is 5.75 Å². The minimum absolute atomic E-state index is 0.254. The Balaban J connectivity index is 1.57. The van der Waals surface area contributed by atoms with Crippen molar-refractivity contribution in [3.63, 3.8) is 0 Å². The maximum absolute atomic E-state index is 12.2. The summed E-state index contributed by atoms with van der Waals surface area (Å²) >= 11 is 0. The highest BCUT2D eigenvalue weighted by Crippen LogP contribution is 2.17. The maximum atomic E-state index is 12.2. The molecule has 146 valence electrons. The van der Waals surface area contributed by atoms with Gasteiger partial charge < -0.3 is 21.1 Å². The van der Waals surface area contributed by atoms with Crippen LogP contribution in [0.25, 0.3) is 0 Å². The van der Waals surface area contributed by atoms with E-state index >= 15 is 0 Å². The molecule has 0 aliphatic rings. The number of carbonyl (C=O) groups excluding carboxylic acids is 3. The van der Waals surface area contributed by atoms with Crippen molar-refractivity contribution in [1.29, 1.82) is 0 Å². The monoisotopic (exact) mass is 390 g/mol. The molecule has 8 heteroatoms. The van der Waals surface area contributed by atoms with Crippen molar-refractivity contribution in [2.75, 3.05) is 17.2 Å². The van der Waals surface area contributed by atoms with Crippen LogP contribution < -0.4 is 21.1 Å². The lowest BCUT2D eigenvalue weighted by Gasteiger charge is -2.10. The van der Waals surface area contributed by atoms with Crippen LogP contribution in [0.1, 0.15) is 20.7 Å². The molecule has 0 spiro atoms. The molecule has 3 amide bonds. The number of primary amides is 1. The van der Waals surface area contributed by atoms with Gasteiger partial charge in [-0.05, 0) is 48.5 Å². The fourth-order valence-corrected chi connectivity index (χ4v) is 2.47. The molecule has 0 unspecified atom stereocenters. The molecule has 2 aromatic carbocycles. The Hall–Kier alpha value is -4.20. The summed E-state index contributed by atoms with van der Waals surface area (Å²) in [6.07, 6.45) is 3.06. The fraction of sp³-hybridized carbons (Fsp3) is 0.0476. The van der Waals surface area contributed by atoms with Crippen molar-refractivity contribution in [2.45, 2.75) is 0 Å². The number of anilines is 2. The minimum Gasteiger partial charge on any atom is -0.484 e. The van der Waals surface area contributed by atoms with Gasteiger partial charge >= 0.3 is 0 Å². The Morgan fingerprint density at radius 1 is 0.862 bits per heavy atom. The number of aromatic nitrogens is 1. The smallest absolute Gasteiger partial charge is 0.262 e. The first-order chi connectivity index (χ1) is 14.0. The normalized spacial score (nSPS) is 10.1. The van der Waals surface area contributed by atoms with Gasteiger partial charge in [-0.25, -0.2) is 0 Å². The molecule has 0 fully saturated rings. The SMILES string of the molecule is NC(=O)c1cccc(OCC(=O)Nc2cccc(NC(=O)c3ccncc3)c2)c1. The topological polar surface area (TPSA) is 123 Å². The first kappa shape index (κ1) is 19.6. The van der Waals surface area contributed by atoms with Crippen LogP contribution in [0.4, 0.5) is 11.4 Å². The predicted molar refractivity (Wildman–Crippen MR) is 108 cm³/mol. The van der Waals surface area contributed by atoms with Crippen LogP contribution in [0.5, 0.6) is 5.75 Å². The highest BCUT2D eigenvalue weighted by Gasteiger charge is 2.08. The van der Waals surface area contributed by atoms with E-state index < -0.39 is 11.8 Å². The van der Waals surface area contributed by atoms with Crippen molar-refractivity contribution in [3.05, 3.63) is 84.2 Å². The van der Waals surface area contributed by atoms with Gasteiger partial charge in [0.05, 0.1) is 0 Å². The van der Waals surface area contributed by atoms with Crippen molar-refractivity contribution < 1.29 is 19.1 Å². The lowest BCUT2D eigenvalue weighted by Crippen LogP contribution is -2.20. The average molecular weight is 390 g/mol. The second kappa shape index (κ2) is 9.14. The number of benzene rings is 2. The molecule has 0 radical (unpaired) electrons. The second-order valence-electron chi connectivity index (χ2n) is 6.00. The summed E-state index contributed by atoms with van der Waals surface area (Å²) in [5.74, 6) is -0.902. The van der Waals surface area contributed by atoms with Crippen LogP contribution in [0.2, 0.25) is 0 Å². The molecule has 8 nitrogen and oxygen atoms in total. The molecule has 3 rings (SSSR count). The number of rotatable bonds is 7. The predicted octanol–water partition coefficient (Wildman–Crippen LogP) is 2.45. The molecule has 0 saturated carbocycles. The van der Waals surface area contributed by atoms with E-state index in [0.29, 0.717) is 28.3 Å². The number of hydrogen-bond donors (Lipinski definition) is 3. The number of pyridine rings is 1. The summed E-state index contributed by atoms with van der Waals surface area (Å²) in [6.45, 7) is -0.254. The minimum atomic E-state index is -0.578. The summed E-state index contributed by atoms with van der Waals surface area (Å²) < 4.78 is 5.39. The van der Waals surface area contributed by atoms with E-state index in [-0.39, 0.29) is 12.5 Å². The zero-order chi connectivity index (χ0) is 20.6. The van der Waals surface area contributed by atoms with E-state index in [1.165, 1.54) is 18.5 Å². The van der Waals surface area contributed by atoms with Crippen LogP contribution in [0.15, 0.2) is 73.1 Å². The van der Waals surface area contributed by atoms with Crippen molar-refractivity contribution in [2.24, 2.45) is 5.73 Å². The van der Waals surface area contributed by atoms with Crippen LogP contribution in [-0.4, -0.2) is 29.3 Å². The Bertz CT molecular complexity index is 1040. The number of carbonyl (C=O) groups is 3. The van der Waals surface area contributed by atoms with Gasteiger partial charge in [0.2, 0.25) is 5.91 Å². The molecular weight excluding hydrogens is 372 g/mol. The number of ether oxygens (including phenoxy) is 1. The van der Waals surface area contributed by atoms with Gasteiger partial charge in [-0.15, -0.1) is 0 Å². The third-order valence-corrected chi connectivity index (χ3v) is 3.84. The summed E-state index contributed by atoms with van der Waals surface area (Å²) in [5.41, 5.74) is 7.01. The van der Waals surface area contributed by atoms with Crippen LogP contribution in [-0.2, 0) is 4.79 Å². The van der Waals surface area contributed by atoms with Crippen molar-refractivity contribution in [1.82, 2.24) is 4.98 Å². The Morgan fingerprint density at radius 2 is 1.55 bits per heavy atom. The quantitative estimate of drug-likeness (QED) is 0.572. The van der Waals surface area contributed by atoms with Gasteiger partial charge in [-0.1, -0.05) is 12.1 Å². The largest absolute Gasteiger partial charge is 0.484 e. The maximum Gasteiger partial charge on any atom is 0.262 e. The van der Waals surface area contributed by atoms with Gasteiger partial charge in [0, 0.05) is 34.9 Å². The summed E-state index contributed by atoms with van der Waals surface area (Å²) in [7, 11) is 0. The molecule has 1 heterocycles. The Kier molecular flexibility index (Phi) is 6.16. The summed E-state index contributed by atoms with van der Waals surface area (Å²) in [4.78, 5) is 39.4. The molecule has 3 aromatic rings. The number of amides is 3. The zero-order valence-electron chi connectivity index (χ0n) is 15.3. The van der Waals surface area contributed by atoms with Crippen LogP contribution in [0.3, 0.4) is 0 Å². The van der Waals surface area contributed by atoms with Gasteiger partial charge in [0.25, 0.3) is 11.8 Å². The van der Waals surface area contributed by atoms with Gasteiger partial charge in [-0.2, -0.15) is 0 Å². The van der Waals surface area contributed by atoms with Crippen molar-refractivity contribution in [3.8, 4) is 5.75 Å². The van der Waals surface area contributed by atoms with Crippen LogP contribution >= 0.6 is 0 Å². The number of nitrogens with two attached hydrogens (primary N) is 1. The van der Waals surface area contributed by atoms with E-state index in [2.05, 4.69) is 15.6 Å². The van der Waals surface area contributed by atoms with Crippen molar-refractivity contribution >= 4 is 29.1 Å².